The van der Waals surface area contributed by atoms with Crippen molar-refractivity contribution in [3.63, 3.8) is 0 Å². The average molecular weight is 221 g/mol. The van der Waals surface area contributed by atoms with Crippen molar-refractivity contribution < 1.29 is 9.53 Å². The summed E-state index contributed by atoms with van der Waals surface area (Å²) in [7, 11) is 0. The van der Waals surface area contributed by atoms with E-state index < -0.39 is 0 Å². The van der Waals surface area contributed by atoms with Crippen LogP contribution in [0.4, 0.5) is 5.69 Å². The van der Waals surface area contributed by atoms with Crippen LogP contribution in [0.5, 0.6) is 5.75 Å². The zero-order chi connectivity index (χ0) is 12.0. The van der Waals surface area contributed by atoms with Crippen LogP contribution in [0.2, 0.25) is 0 Å². The molecule has 1 rings (SSSR count). The first-order valence-electron chi connectivity index (χ1n) is 5.76. The number of ether oxygens (including phenoxy) is 1. The van der Waals surface area contributed by atoms with Gasteiger partial charge in [-0.1, -0.05) is 19.1 Å². The second-order valence-electron chi connectivity index (χ2n) is 3.39. The minimum absolute atomic E-state index is 0.120. The van der Waals surface area contributed by atoms with E-state index in [4.69, 9.17) is 4.74 Å². The summed E-state index contributed by atoms with van der Waals surface area (Å²) in [6.45, 7) is 7.05. The lowest BCUT2D eigenvalue weighted by atomic mass is 10.2. The average Bonchev–Trinajstić information content (AvgIpc) is 2.32. The van der Waals surface area contributed by atoms with Crippen molar-refractivity contribution in [1.82, 2.24) is 0 Å². The fraction of sp³-hybridized carbons (Fsp3) is 0.462. The van der Waals surface area contributed by atoms with Crippen LogP contribution in [0.1, 0.15) is 27.2 Å². The van der Waals surface area contributed by atoms with Crippen molar-refractivity contribution in [1.29, 1.82) is 0 Å². The van der Waals surface area contributed by atoms with E-state index >= 15 is 0 Å². The lowest BCUT2D eigenvalue weighted by Gasteiger charge is -2.22. The maximum absolute atomic E-state index is 11.8. The highest BCUT2D eigenvalue weighted by Gasteiger charge is 2.15. The van der Waals surface area contributed by atoms with Gasteiger partial charge in [-0.3, -0.25) is 4.79 Å². The molecule has 0 saturated carbocycles. The Morgan fingerprint density at radius 1 is 1.25 bits per heavy atom. The summed E-state index contributed by atoms with van der Waals surface area (Å²) in [5.41, 5.74) is 0.860. The predicted molar refractivity (Wildman–Crippen MR) is 65.9 cm³/mol. The molecule has 0 aliphatic carbocycles. The van der Waals surface area contributed by atoms with Crippen molar-refractivity contribution in [2.45, 2.75) is 27.2 Å². The van der Waals surface area contributed by atoms with Crippen molar-refractivity contribution in [2.24, 2.45) is 0 Å². The van der Waals surface area contributed by atoms with Gasteiger partial charge in [-0.15, -0.1) is 0 Å². The van der Waals surface area contributed by atoms with Gasteiger partial charge < -0.3 is 9.64 Å². The molecule has 0 bridgehead atoms. The fourth-order valence-corrected chi connectivity index (χ4v) is 1.63. The van der Waals surface area contributed by atoms with Crippen LogP contribution in [0.25, 0.3) is 0 Å². The Kier molecular flexibility index (Phi) is 4.83. The summed E-state index contributed by atoms with van der Waals surface area (Å²) in [4.78, 5) is 13.5. The molecule has 0 unspecified atom stereocenters. The molecule has 0 heterocycles. The number of rotatable bonds is 5. The maximum Gasteiger partial charge on any atom is 0.226 e. The van der Waals surface area contributed by atoms with E-state index in [0.29, 0.717) is 19.6 Å². The Morgan fingerprint density at radius 2 is 1.94 bits per heavy atom. The number of anilines is 1. The van der Waals surface area contributed by atoms with Crippen LogP contribution in [-0.4, -0.2) is 19.1 Å². The summed E-state index contributed by atoms with van der Waals surface area (Å²) in [6, 6.07) is 7.65. The quantitative estimate of drug-likeness (QED) is 0.765. The second kappa shape index (κ2) is 6.16. The summed E-state index contributed by atoms with van der Waals surface area (Å²) in [5, 5.41) is 0. The lowest BCUT2D eigenvalue weighted by molar-refractivity contribution is -0.118. The van der Waals surface area contributed by atoms with Crippen LogP contribution >= 0.6 is 0 Å². The van der Waals surface area contributed by atoms with Gasteiger partial charge in [0.1, 0.15) is 5.75 Å². The van der Waals surface area contributed by atoms with E-state index in [0.717, 1.165) is 11.4 Å². The van der Waals surface area contributed by atoms with Gasteiger partial charge in [-0.05, 0) is 26.0 Å². The van der Waals surface area contributed by atoms with Crippen LogP contribution in [0, 0.1) is 0 Å². The van der Waals surface area contributed by atoms with E-state index in [1.807, 2.05) is 45.0 Å². The third-order valence-electron chi connectivity index (χ3n) is 2.38. The fourth-order valence-electron chi connectivity index (χ4n) is 1.63. The van der Waals surface area contributed by atoms with E-state index in [1.54, 1.807) is 4.90 Å². The Morgan fingerprint density at radius 3 is 2.50 bits per heavy atom. The molecule has 1 amide bonds. The van der Waals surface area contributed by atoms with Gasteiger partial charge in [0.2, 0.25) is 5.91 Å². The Bertz CT molecular complexity index is 350. The van der Waals surface area contributed by atoms with Gasteiger partial charge in [0.05, 0.1) is 12.3 Å². The first-order valence-corrected chi connectivity index (χ1v) is 5.76. The molecule has 3 nitrogen and oxygen atoms in total. The van der Waals surface area contributed by atoms with Crippen LogP contribution < -0.4 is 9.64 Å². The highest BCUT2D eigenvalue weighted by molar-refractivity contribution is 5.94. The largest absolute Gasteiger partial charge is 0.492 e. The molecule has 0 aliphatic heterocycles. The van der Waals surface area contributed by atoms with Gasteiger partial charge >= 0.3 is 0 Å². The van der Waals surface area contributed by atoms with Crippen molar-refractivity contribution in [2.75, 3.05) is 18.1 Å². The smallest absolute Gasteiger partial charge is 0.226 e. The zero-order valence-corrected chi connectivity index (χ0v) is 10.2. The Balaban J connectivity index is 3.03. The van der Waals surface area contributed by atoms with Gasteiger partial charge in [-0.2, -0.15) is 0 Å². The summed E-state index contributed by atoms with van der Waals surface area (Å²) in [6.07, 6.45) is 0.508. The third-order valence-corrected chi connectivity index (χ3v) is 2.38. The van der Waals surface area contributed by atoms with Gasteiger partial charge in [-0.25, -0.2) is 0 Å². The maximum atomic E-state index is 11.8. The summed E-state index contributed by atoms with van der Waals surface area (Å²) >= 11 is 0. The molecule has 1 aromatic rings. The standard InChI is InChI=1S/C13H19NO2/c1-4-13(15)14(5-2)11-9-7-8-10-12(11)16-6-3/h7-10H,4-6H2,1-3H3. The van der Waals surface area contributed by atoms with Gasteiger partial charge in [0.25, 0.3) is 0 Å². The molecule has 16 heavy (non-hydrogen) atoms. The minimum atomic E-state index is 0.120. The molecule has 0 radical (unpaired) electrons. The van der Waals surface area contributed by atoms with E-state index in [1.165, 1.54) is 0 Å². The normalized spacial score (nSPS) is 9.94. The van der Waals surface area contributed by atoms with E-state index in [2.05, 4.69) is 0 Å². The molecule has 0 atom stereocenters. The summed E-state index contributed by atoms with van der Waals surface area (Å²) in [5.74, 6) is 0.892. The van der Waals surface area contributed by atoms with Crippen LogP contribution in [-0.2, 0) is 4.79 Å². The highest BCUT2D eigenvalue weighted by Crippen LogP contribution is 2.28. The first kappa shape index (κ1) is 12.6. The first-order chi connectivity index (χ1) is 7.74. The molecule has 0 fully saturated rings. The monoisotopic (exact) mass is 221 g/mol. The van der Waals surface area contributed by atoms with Crippen molar-refractivity contribution in [3.8, 4) is 5.75 Å². The van der Waals surface area contributed by atoms with Crippen molar-refractivity contribution in [3.05, 3.63) is 24.3 Å². The number of hydrogen-bond donors (Lipinski definition) is 0. The van der Waals surface area contributed by atoms with Gasteiger partial charge in [0.15, 0.2) is 0 Å². The van der Waals surface area contributed by atoms with E-state index in [-0.39, 0.29) is 5.91 Å². The molecule has 0 aromatic heterocycles. The molecular formula is C13H19NO2. The SMILES string of the molecule is CCOc1ccccc1N(CC)C(=O)CC. The minimum Gasteiger partial charge on any atom is -0.492 e. The molecule has 0 aliphatic rings. The number of amides is 1. The molecule has 0 N–H and O–H groups in total. The topological polar surface area (TPSA) is 29.5 Å². The third kappa shape index (κ3) is 2.75. The molecule has 0 spiro atoms. The Hall–Kier alpha value is -1.51. The van der Waals surface area contributed by atoms with Crippen LogP contribution in [0.3, 0.4) is 0 Å². The lowest BCUT2D eigenvalue weighted by Crippen LogP contribution is -2.30. The Labute approximate surface area is 97.0 Å². The second-order valence-corrected chi connectivity index (χ2v) is 3.39. The van der Waals surface area contributed by atoms with Crippen molar-refractivity contribution >= 4 is 11.6 Å². The highest BCUT2D eigenvalue weighted by atomic mass is 16.5. The molecule has 0 saturated heterocycles. The number of carbonyl (C=O) groups is 1. The molecule has 3 heteroatoms. The predicted octanol–water partition coefficient (Wildman–Crippen LogP) is 2.85. The van der Waals surface area contributed by atoms with E-state index in [9.17, 15) is 4.79 Å². The zero-order valence-electron chi connectivity index (χ0n) is 10.2. The molecular weight excluding hydrogens is 202 g/mol. The number of para-hydroxylation sites is 2. The molecule has 88 valence electrons. The number of benzene rings is 1. The number of nitrogens with zero attached hydrogens (tertiary/aromatic N) is 1. The number of carbonyl (C=O) groups excluding carboxylic acids is 1. The van der Waals surface area contributed by atoms with Crippen LogP contribution in [0.15, 0.2) is 24.3 Å². The number of hydrogen-bond acceptors (Lipinski definition) is 2. The van der Waals surface area contributed by atoms with Gasteiger partial charge in [0, 0.05) is 13.0 Å². The summed E-state index contributed by atoms with van der Waals surface area (Å²) < 4.78 is 5.52. The molecule has 1 aromatic carbocycles.